The van der Waals surface area contributed by atoms with Gasteiger partial charge in [0.2, 0.25) is 27.7 Å². The smallest absolute Gasteiger partial charge is 0.494 e. The Kier molecular flexibility index (Phi) is 14.3. The Labute approximate surface area is 377 Å². The molecule has 3 N–H and O–H groups in total. The van der Waals surface area contributed by atoms with Crippen LogP contribution in [0.2, 0.25) is 5.02 Å². The normalized spacial score (nSPS) is 21.4. The minimum Gasteiger partial charge on any atom is -0.494 e. The van der Waals surface area contributed by atoms with Gasteiger partial charge in [0.05, 0.1) is 30.8 Å². The van der Waals surface area contributed by atoms with Gasteiger partial charge in [-0.3, -0.25) is 19.1 Å². The van der Waals surface area contributed by atoms with E-state index in [0.717, 1.165) is 0 Å². The minimum absolute atomic E-state index is 0. The summed E-state index contributed by atoms with van der Waals surface area (Å²) >= 11 is 7.53. The molecular weight excluding hydrogens is 920 g/mol. The average Bonchev–Trinajstić information content (AvgIpc) is 4.07. The summed E-state index contributed by atoms with van der Waals surface area (Å²) in [6, 6.07) is 8.13. The summed E-state index contributed by atoms with van der Waals surface area (Å²) in [6.07, 6.45) is -1.74. The molecule has 3 fully saturated rings. The Morgan fingerprint density at radius 1 is 1.08 bits per heavy atom. The van der Waals surface area contributed by atoms with Crippen molar-refractivity contribution in [1.29, 1.82) is 0 Å². The van der Waals surface area contributed by atoms with Crippen molar-refractivity contribution in [2.45, 2.75) is 81.8 Å². The molecule has 2 aromatic heterocycles. The molecule has 3 heterocycles. The van der Waals surface area contributed by atoms with Gasteiger partial charge in [-0.2, -0.15) is 0 Å². The van der Waals surface area contributed by atoms with Gasteiger partial charge in [-0.05, 0) is 67.1 Å². The van der Waals surface area contributed by atoms with Gasteiger partial charge in [0.25, 0.3) is 5.91 Å². The molecule has 1 saturated heterocycles. The highest BCUT2D eigenvalue weighted by Crippen LogP contribution is 2.46. The van der Waals surface area contributed by atoms with Crippen molar-refractivity contribution >= 4 is 91.4 Å². The molecule has 4 aromatic rings. The van der Waals surface area contributed by atoms with E-state index in [-0.39, 0.29) is 55.8 Å². The number of amides is 3. The number of likely N-dealkylation sites (tertiary alicyclic amines) is 1. The number of rotatable bonds is 14. The van der Waals surface area contributed by atoms with Crippen LogP contribution in [0.15, 0.2) is 66.7 Å². The van der Waals surface area contributed by atoms with Crippen LogP contribution in [0.3, 0.4) is 0 Å². The first-order valence-electron chi connectivity index (χ1n) is 18.9. The zero-order chi connectivity index (χ0) is 43.4. The van der Waals surface area contributed by atoms with Gasteiger partial charge >= 0.3 is 6.36 Å². The number of sulfonamides is 1. The zero-order valence-electron chi connectivity index (χ0n) is 33.7. The second-order valence-corrected chi connectivity index (χ2v) is 19.3. The third-order valence-electron chi connectivity index (χ3n) is 10.6. The number of hydrogen-bond acceptors (Lipinski definition) is 12. The third-order valence-corrected chi connectivity index (χ3v) is 13.5. The maximum absolute atomic E-state index is 14.9. The topological polar surface area (TPSA) is 178 Å². The number of nitrogens with one attached hydrogen (secondary N) is 3. The van der Waals surface area contributed by atoms with E-state index < -0.39 is 74.4 Å². The monoisotopic (exact) mass is 962 g/mol. The molecule has 336 valence electrons. The van der Waals surface area contributed by atoms with Crippen LogP contribution in [-0.4, -0.2) is 90.0 Å². The molecule has 2 aliphatic carbocycles. The van der Waals surface area contributed by atoms with Crippen molar-refractivity contribution in [1.82, 2.24) is 24.9 Å². The summed E-state index contributed by atoms with van der Waals surface area (Å²) in [7, 11) is -2.45. The molecule has 14 nitrogen and oxygen atoms in total. The van der Waals surface area contributed by atoms with Gasteiger partial charge in [0.15, 0.2) is 5.13 Å². The molecule has 7 rings (SSSR count). The summed E-state index contributed by atoms with van der Waals surface area (Å²) in [6.45, 7) is 9.16. The number of anilines is 1. The largest absolute Gasteiger partial charge is 0.573 e. The highest BCUT2D eigenvalue weighted by Gasteiger charge is 2.62. The van der Waals surface area contributed by atoms with Crippen molar-refractivity contribution in [2.24, 2.45) is 11.3 Å². The molecule has 0 spiro atoms. The predicted molar refractivity (Wildman–Crippen MR) is 233 cm³/mol. The summed E-state index contributed by atoms with van der Waals surface area (Å²) in [4.78, 5) is 53.3. The Morgan fingerprint density at radius 2 is 1.77 bits per heavy atom. The van der Waals surface area contributed by atoms with E-state index in [1.54, 1.807) is 23.6 Å². The fourth-order valence-electron chi connectivity index (χ4n) is 7.21. The summed E-state index contributed by atoms with van der Waals surface area (Å²) in [5, 5.41) is 8.94. The van der Waals surface area contributed by atoms with Gasteiger partial charge in [0, 0.05) is 39.1 Å². The van der Waals surface area contributed by atoms with Crippen molar-refractivity contribution in [3.8, 4) is 28.6 Å². The van der Waals surface area contributed by atoms with Gasteiger partial charge < -0.3 is 29.7 Å². The Bertz CT molecular complexity index is 2450. The quantitative estimate of drug-likeness (QED) is 0.108. The lowest BCUT2D eigenvalue weighted by Crippen LogP contribution is -2.58. The van der Waals surface area contributed by atoms with Crippen molar-refractivity contribution in [2.75, 3.05) is 19.0 Å². The number of pyridine rings is 1. The number of thiazole rings is 1. The minimum atomic E-state index is -4.84. The number of nitrogens with zero attached hydrogens (tertiary/aromatic N) is 3. The molecule has 0 bridgehead atoms. The summed E-state index contributed by atoms with van der Waals surface area (Å²) in [5.41, 5.74) is -1.45. The SMILES string of the molecule is C=C[C@@H]1C[C@]1(NC(=O)[C@@H]1C[C@@H](Oc2ncc(OC)c3ccc(Cl)cc23)CN1C(=O)[C@@H](Nc1nc(-c2ccc(OC(F)(F)F)cc2)cs1)C(C)(C)C)C(=O)NS(=O)(=O)C1CC1.Cl.Cl. The maximum atomic E-state index is 14.9. The van der Waals surface area contributed by atoms with Crippen LogP contribution in [0.5, 0.6) is 17.4 Å². The number of methoxy groups -OCH3 is 1. The van der Waals surface area contributed by atoms with E-state index in [4.69, 9.17) is 21.1 Å². The van der Waals surface area contributed by atoms with E-state index >= 15 is 0 Å². The van der Waals surface area contributed by atoms with Crippen molar-refractivity contribution in [3.63, 3.8) is 0 Å². The summed E-state index contributed by atoms with van der Waals surface area (Å²) in [5.74, 6) is -2.37. The lowest BCUT2D eigenvalue weighted by molar-refractivity contribution is -0.274. The summed E-state index contributed by atoms with van der Waals surface area (Å²) < 4.78 is 81.7. The van der Waals surface area contributed by atoms with Crippen LogP contribution in [-0.2, 0) is 24.4 Å². The maximum Gasteiger partial charge on any atom is 0.573 e. The molecule has 0 radical (unpaired) electrons. The molecule has 22 heteroatoms. The van der Waals surface area contributed by atoms with Gasteiger partial charge in [0.1, 0.15) is 35.2 Å². The van der Waals surface area contributed by atoms with Gasteiger partial charge in [-0.15, -0.1) is 55.9 Å². The molecule has 3 aliphatic rings. The van der Waals surface area contributed by atoms with Crippen LogP contribution >= 0.6 is 47.8 Å². The standard InChI is InChI=1S/C40H42ClF3N6O8S2.2ClH/c1-6-22-17-39(22,36(53)49-60(54,55)26-12-13-26)48-33(51)30-16-25(57-34-28-15-23(41)9-14-27(28)31(56-5)18-45-34)19-50(30)35(52)32(38(2,3)4)47-37-46-29(20-59-37)21-7-10-24(11-8-21)58-40(42,43)44;;/h6-11,14-15,18,20,22,25-26,30,32H,1,12-13,16-17,19H2,2-5H3,(H,46,47)(H,48,51)(H,49,53);2*1H/t22-,25-,30+,32-,39-;;/m1../s1. The lowest BCUT2D eigenvalue weighted by atomic mass is 9.85. The van der Waals surface area contributed by atoms with Crippen LogP contribution in [0, 0.1) is 11.3 Å². The number of alkyl halides is 3. The van der Waals surface area contributed by atoms with Crippen LogP contribution in [0.25, 0.3) is 22.0 Å². The van der Waals surface area contributed by atoms with Crippen molar-refractivity contribution < 1.29 is 50.2 Å². The lowest BCUT2D eigenvalue weighted by Gasteiger charge is -2.35. The number of fused-ring (bicyclic) bond motifs is 1. The predicted octanol–water partition coefficient (Wildman–Crippen LogP) is 7.31. The van der Waals surface area contributed by atoms with Crippen LogP contribution in [0.1, 0.15) is 46.5 Å². The molecule has 5 atom stereocenters. The number of benzene rings is 2. The number of carbonyl (C=O) groups is 3. The fourth-order valence-corrected chi connectivity index (χ4v) is 9.50. The molecule has 1 aliphatic heterocycles. The van der Waals surface area contributed by atoms with E-state index in [0.29, 0.717) is 50.8 Å². The Hall–Kier alpha value is -4.56. The van der Waals surface area contributed by atoms with E-state index in [2.05, 4.69) is 36.6 Å². The first-order valence-corrected chi connectivity index (χ1v) is 21.7. The molecular formula is C40H44Cl3F3N6O8S2. The first-order chi connectivity index (χ1) is 28.2. The molecule has 2 saturated carbocycles. The second-order valence-electron chi connectivity index (χ2n) is 16.0. The molecule has 0 unspecified atom stereocenters. The number of ether oxygens (including phenoxy) is 3. The Morgan fingerprint density at radius 3 is 2.37 bits per heavy atom. The fraction of sp³-hybridized carbons (Fsp3) is 0.425. The zero-order valence-corrected chi connectivity index (χ0v) is 37.7. The van der Waals surface area contributed by atoms with E-state index in [1.807, 2.05) is 20.8 Å². The average molecular weight is 964 g/mol. The molecule has 2 aromatic carbocycles. The highest BCUT2D eigenvalue weighted by atomic mass is 35.5. The van der Waals surface area contributed by atoms with Crippen molar-refractivity contribution in [3.05, 3.63) is 71.7 Å². The highest BCUT2D eigenvalue weighted by molar-refractivity contribution is 7.91. The van der Waals surface area contributed by atoms with E-state index in [1.165, 1.54) is 59.9 Å². The number of halogens is 6. The van der Waals surface area contributed by atoms with Gasteiger partial charge in [-0.1, -0.05) is 38.4 Å². The van der Waals surface area contributed by atoms with Crippen LogP contribution < -0.4 is 29.6 Å². The first kappa shape index (κ1) is 48.5. The number of hydrogen-bond donors (Lipinski definition) is 3. The number of carbonyl (C=O) groups excluding carboxylic acids is 3. The van der Waals surface area contributed by atoms with Crippen LogP contribution in [0.4, 0.5) is 18.3 Å². The second kappa shape index (κ2) is 18.3. The molecule has 3 amide bonds. The Balaban J connectivity index is 0.00000363. The molecule has 62 heavy (non-hydrogen) atoms. The van der Waals surface area contributed by atoms with E-state index in [9.17, 15) is 36.0 Å². The third kappa shape index (κ3) is 10.4. The van der Waals surface area contributed by atoms with Gasteiger partial charge in [-0.25, -0.2) is 18.4 Å². The number of aromatic nitrogens is 2.